The molecule has 0 aliphatic heterocycles. The third kappa shape index (κ3) is 4.54. The first-order valence-corrected chi connectivity index (χ1v) is 9.46. The largest absolute Gasteiger partial charge is 0.369 e. The van der Waals surface area contributed by atoms with Crippen LogP contribution in [0, 0.1) is 0 Å². The highest BCUT2D eigenvalue weighted by Crippen LogP contribution is 2.17. The van der Waals surface area contributed by atoms with Crippen LogP contribution < -0.4 is 10.6 Å². The lowest BCUT2D eigenvalue weighted by Crippen LogP contribution is -2.25. The standard InChI is InChI=1S/C14H17N3O3S2/c1-22(19,20)12-6-2-7-15-13(12)16-8-4-9-17-14(18)11-5-3-10-21-11/h2-3,5-7,10H,4,8-9H2,1H3,(H,15,16)(H,17,18). The van der Waals surface area contributed by atoms with Gasteiger partial charge in [-0.1, -0.05) is 6.07 Å². The Labute approximate surface area is 133 Å². The number of pyridine rings is 1. The summed E-state index contributed by atoms with van der Waals surface area (Å²) in [6, 6.07) is 6.70. The molecule has 0 saturated carbocycles. The highest BCUT2D eigenvalue weighted by Gasteiger charge is 2.13. The van der Waals surface area contributed by atoms with Crippen LogP contribution >= 0.6 is 11.3 Å². The molecular weight excluding hydrogens is 322 g/mol. The van der Waals surface area contributed by atoms with E-state index >= 15 is 0 Å². The van der Waals surface area contributed by atoms with Crippen LogP contribution in [-0.2, 0) is 9.84 Å². The van der Waals surface area contributed by atoms with Crippen molar-refractivity contribution in [2.45, 2.75) is 11.3 Å². The summed E-state index contributed by atoms with van der Waals surface area (Å²) in [5, 5.41) is 7.65. The molecule has 0 unspecified atom stereocenters. The van der Waals surface area contributed by atoms with Crippen molar-refractivity contribution in [3.8, 4) is 0 Å². The maximum atomic E-state index is 11.7. The Balaban J connectivity index is 1.79. The molecule has 0 spiro atoms. The minimum absolute atomic E-state index is 0.0929. The molecule has 6 nitrogen and oxygen atoms in total. The van der Waals surface area contributed by atoms with E-state index in [-0.39, 0.29) is 10.8 Å². The van der Waals surface area contributed by atoms with Gasteiger partial charge in [-0.05, 0) is 30.0 Å². The van der Waals surface area contributed by atoms with Crippen molar-refractivity contribution in [2.24, 2.45) is 0 Å². The fraction of sp³-hybridized carbons (Fsp3) is 0.286. The van der Waals surface area contributed by atoms with Crippen molar-refractivity contribution in [1.82, 2.24) is 10.3 Å². The Kier molecular flexibility index (Phi) is 5.51. The van der Waals surface area contributed by atoms with Crippen LogP contribution in [-0.4, -0.2) is 38.7 Å². The molecule has 0 radical (unpaired) electrons. The quantitative estimate of drug-likeness (QED) is 0.751. The van der Waals surface area contributed by atoms with Crippen molar-refractivity contribution < 1.29 is 13.2 Å². The Morgan fingerprint density at radius 1 is 1.27 bits per heavy atom. The van der Waals surface area contributed by atoms with Gasteiger partial charge in [-0.25, -0.2) is 13.4 Å². The topological polar surface area (TPSA) is 88.2 Å². The zero-order chi connectivity index (χ0) is 16.0. The van der Waals surface area contributed by atoms with Crippen molar-refractivity contribution in [3.05, 3.63) is 40.7 Å². The average Bonchev–Trinajstić information content (AvgIpc) is 3.00. The minimum atomic E-state index is -3.31. The minimum Gasteiger partial charge on any atom is -0.369 e. The van der Waals surface area contributed by atoms with Gasteiger partial charge >= 0.3 is 0 Å². The number of carbonyl (C=O) groups is 1. The van der Waals surface area contributed by atoms with Crippen LogP contribution in [0.1, 0.15) is 16.1 Å². The Morgan fingerprint density at radius 2 is 2.09 bits per heavy atom. The molecule has 0 aliphatic carbocycles. The molecule has 2 aromatic heterocycles. The lowest BCUT2D eigenvalue weighted by atomic mass is 10.3. The summed E-state index contributed by atoms with van der Waals surface area (Å²) in [4.78, 5) is 16.6. The van der Waals surface area contributed by atoms with Crippen LogP contribution in [0.2, 0.25) is 0 Å². The first-order chi connectivity index (χ1) is 10.5. The molecule has 2 N–H and O–H groups in total. The highest BCUT2D eigenvalue weighted by molar-refractivity contribution is 7.90. The van der Waals surface area contributed by atoms with Crippen molar-refractivity contribution in [2.75, 3.05) is 24.7 Å². The molecule has 0 fully saturated rings. The number of carbonyl (C=O) groups excluding carboxylic acids is 1. The SMILES string of the molecule is CS(=O)(=O)c1cccnc1NCCCNC(=O)c1cccs1. The third-order valence-corrected chi connectivity index (χ3v) is 4.84. The highest BCUT2D eigenvalue weighted by atomic mass is 32.2. The van der Waals surface area contributed by atoms with Crippen molar-refractivity contribution in [1.29, 1.82) is 0 Å². The van der Waals surface area contributed by atoms with Gasteiger partial charge in [0.15, 0.2) is 9.84 Å². The Hall–Kier alpha value is -1.93. The second-order valence-electron chi connectivity index (χ2n) is 4.64. The summed E-state index contributed by atoms with van der Waals surface area (Å²) in [6.07, 6.45) is 3.35. The maximum absolute atomic E-state index is 11.7. The lowest BCUT2D eigenvalue weighted by Gasteiger charge is -2.09. The first kappa shape index (κ1) is 16.4. The number of thiophene rings is 1. The van der Waals surface area contributed by atoms with E-state index in [0.717, 1.165) is 6.26 Å². The number of hydrogen-bond acceptors (Lipinski definition) is 6. The summed E-state index contributed by atoms with van der Waals surface area (Å²) >= 11 is 1.39. The number of sulfone groups is 1. The molecule has 1 amide bonds. The van der Waals surface area contributed by atoms with E-state index in [1.807, 2.05) is 11.4 Å². The zero-order valence-electron chi connectivity index (χ0n) is 12.1. The Morgan fingerprint density at radius 3 is 2.77 bits per heavy atom. The summed E-state index contributed by atoms with van der Waals surface area (Å²) in [7, 11) is -3.31. The molecule has 118 valence electrons. The number of hydrogen-bond donors (Lipinski definition) is 2. The van der Waals surface area contributed by atoms with Gasteiger partial charge in [-0.2, -0.15) is 0 Å². The molecule has 0 saturated heterocycles. The van der Waals surface area contributed by atoms with E-state index in [0.29, 0.717) is 30.2 Å². The number of anilines is 1. The summed E-state index contributed by atoms with van der Waals surface area (Å²) in [5.41, 5.74) is 0. The van der Waals surface area contributed by atoms with E-state index in [2.05, 4.69) is 15.6 Å². The van der Waals surface area contributed by atoms with Crippen LogP contribution in [0.3, 0.4) is 0 Å². The number of nitrogens with one attached hydrogen (secondary N) is 2. The fourth-order valence-electron chi connectivity index (χ4n) is 1.81. The molecule has 2 aromatic rings. The summed E-state index contributed by atoms with van der Waals surface area (Å²) < 4.78 is 23.3. The first-order valence-electron chi connectivity index (χ1n) is 6.69. The number of rotatable bonds is 7. The fourth-order valence-corrected chi connectivity index (χ4v) is 3.26. The second-order valence-corrected chi connectivity index (χ2v) is 7.57. The van der Waals surface area contributed by atoms with Gasteiger partial charge in [0.05, 0.1) is 4.88 Å². The maximum Gasteiger partial charge on any atom is 0.261 e. The van der Waals surface area contributed by atoms with E-state index in [9.17, 15) is 13.2 Å². The molecule has 0 atom stereocenters. The van der Waals surface area contributed by atoms with Crippen LogP contribution in [0.4, 0.5) is 5.82 Å². The van der Waals surface area contributed by atoms with Crippen LogP contribution in [0.15, 0.2) is 40.7 Å². The summed E-state index contributed by atoms with van der Waals surface area (Å²) in [6.45, 7) is 1.02. The second kappa shape index (κ2) is 7.37. The zero-order valence-corrected chi connectivity index (χ0v) is 13.7. The number of aromatic nitrogens is 1. The van der Waals surface area contributed by atoms with Crippen molar-refractivity contribution in [3.63, 3.8) is 0 Å². The van der Waals surface area contributed by atoms with Gasteiger partial charge in [0.25, 0.3) is 5.91 Å². The number of amides is 1. The van der Waals surface area contributed by atoms with E-state index in [4.69, 9.17) is 0 Å². The van der Waals surface area contributed by atoms with Gasteiger partial charge in [-0.3, -0.25) is 4.79 Å². The molecule has 0 aromatic carbocycles. The van der Waals surface area contributed by atoms with Gasteiger partial charge < -0.3 is 10.6 Å². The van der Waals surface area contributed by atoms with Gasteiger partial charge in [0, 0.05) is 25.5 Å². The predicted molar refractivity (Wildman–Crippen MR) is 87.1 cm³/mol. The lowest BCUT2D eigenvalue weighted by molar-refractivity contribution is 0.0957. The van der Waals surface area contributed by atoms with E-state index in [1.165, 1.54) is 23.6 Å². The molecule has 2 rings (SSSR count). The smallest absolute Gasteiger partial charge is 0.261 e. The Bertz CT molecular complexity index is 728. The molecule has 0 bridgehead atoms. The summed E-state index contributed by atoms with van der Waals surface area (Å²) in [5.74, 6) is 0.249. The normalized spacial score (nSPS) is 11.1. The van der Waals surface area contributed by atoms with E-state index in [1.54, 1.807) is 12.1 Å². The number of nitrogens with zero attached hydrogens (tertiary/aromatic N) is 1. The molecule has 8 heteroatoms. The average molecular weight is 339 g/mol. The van der Waals surface area contributed by atoms with Crippen molar-refractivity contribution >= 4 is 32.9 Å². The monoisotopic (exact) mass is 339 g/mol. The van der Waals surface area contributed by atoms with E-state index < -0.39 is 9.84 Å². The van der Waals surface area contributed by atoms with Gasteiger partial charge in [0.1, 0.15) is 10.7 Å². The third-order valence-electron chi connectivity index (χ3n) is 2.85. The molecule has 22 heavy (non-hydrogen) atoms. The molecule has 0 aliphatic rings. The molecule has 2 heterocycles. The van der Waals surface area contributed by atoms with Crippen LogP contribution in [0.5, 0.6) is 0 Å². The van der Waals surface area contributed by atoms with Gasteiger partial charge in [0.2, 0.25) is 0 Å². The molecular formula is C14H17N3O3S2. The van der Waals surface area contributed by atoms with Gasteiger partial charge in [-0.15, -0.1) is 11.3 Å². The predicted octanol–water partition coefficient (Wildman–Crippen LogP) is 1.78. The van der Waals surface area contributed by atoms with Crippen LogP contribution in [0.25, 0.3) is 0 Å².